The SMILES string of the molecule is CCC(O)(CN1CC2CN(c3ccc(Cc4ccc(F)cc4)cc3)CC2C1)c1ccc(C)cc1F. The minimum atomic E-state index is -1.17. The van der Waals surface area contributed by atoms with Gasteiger partial charge in [-0.1, -0.05) is 43.3 Å². The van der Waals surface area contributed by atoms with Crippen LogP contribution in [0, 0.1) is 30.4 Å². The fourth-order valence-corrected chi connectivity index (χ4v) is 5.85. The molecular formula is C30H34F2N2O. The molecule has 0 spiro atoms. The molecule has 3 aromatic rings. The number of anilines is 1. The van der Waals surface area contributed by atoms with Gasteiger partial charge in [0.1, 0.15) is 17.2 Å². The lowest BCUT2D eigenvalue weighted by Gasteiger charge is -2.33. The van der Waals surface area contributed by atoms with Gasteiger partial charge in [-0.15, -0.1) is 0 Å². The third-order valence-corrected chi connectivity index (χ3v) is 7.88. The van der Waals surface area contributed by atoms with Crippen LogP contribution in [0.3, 0.4) is 0 Å². The van der Waals surface area contributed by atoms with Crippen molar-refractivity contribution in [2.75, 3.05) is 37.6 Å². The standard InChI is InChI=1S/C30H34F2N2O/c1-3-30(35,28-13-4-21(2)14-29(28)32)20-33-16-24-18-34(19-25(24)17-33)27-11-7-23(8-12-27)15-22-5-9-26(31)10-6-22/h4-14,24-25,35H,3,15-20H2,1-2H3. The number of fused-ring (bicyclic) bond motifs is 1. The summed E-state index contributed by atoms with van der Waals surface area (Å²) in [6.07, 6.45) is 1.28. The summed E-state index contributed by atoms with van der Waals surface area (Å²) in [5.41, 5.74) is 3.66. The van der Waals surface area contributed by atoms with Crippen molar-refractivity contribution in [3.8, 4) is 0 Å². The normalized spacial score (nSPS) is 21.8. The van der Waals surface area contributed by atoms with E-state index in [-0.39, 0.29) is 11.6 Å². The van der Waals surface area contributed by atoms with Crippen LogP contribution in [0.15, 0.2) is 66.7 Å². The number of benzene rings is 3. The van der Waals surface area contributed by atoms with E-state index in [2.05, 4.69) is 34.1 Å². The maximum atomic E-state index is 14.6. The molecule has 0 amide bonds. The summed E-state index contributed by atoms with van der Waals surface area (Å²) < 4.78 is 27.8. The third-order valence-electron chi connectivity index (χ3n) is 7.88. The Morgan fingerprint density at radius 2 is 1.46 bits per heavy atom. The Labute approximate surface area is 207 Å². The number of hydrogen-bond donors (Lipinski definition) is 1. The molecule has 0 aromatic heterocycles. The van der Waals surface area contributed by atoms with Crippen LogP contribution in [0.25, 0.3) is 0 Å². The molecule has 3 atom stereocenters. The van der Waals surface area contributed by atoms with Crippen LogP contribution >= 0.6 is 0 Å². The van der Waals surface area contributed by atoms with E-state index in [9.17, 15) is 13.9 Å². The van der Waals surface area contributed by atoms with E-state index >= 15 is 0 Å². The Balaban J connectivity index is 1.18. The van der Waals surface area contributed by atoms with Crippen LogP contribution in [0.5, 0.6) is 0 Å². The van der Waals surface area contributed by atoms with E-state index in [0.717, 1.165) is 43.7 Å². The van der Waals surface area contributed by atoms with Gasteiger partial charge in [0.15, 0.2) is 0 Å². The van der Waals surface area contributed by atoms with Crippen molar-refractivity contribution in [2.24, 2.45) is 11.8 Å². The molecule has 2 heterocycles. The zero-order valence-corrected chi connectivity index (χ0v) is 20.6. The lowest BCUT2D eigenvalue weighted by Crippen LogP contribution is -2.41. The van der Waals surface area contributed by atoms with Gasteiger partial charge in [-0.2, -0.15) is 0 Å². The molecular weight excluding hydrogens is 442 g/mol. The minimum absolute atomic E-state index is 0.205. The predicted octanol–water partition coefficient (Wildman–Crippen LogP) is 5.53. The molecule has 3 unspecified atom stereocenters. The molecule has 0 saturated carbocycles. The van der Waals surface area contributed by atoms with Crippen LogP contribution in [0.2, 0.25) is 0 Å². The van der Waals surface area contributed by atoms with Crippen molar-refractivity contribution in [1.82, 2.24) is 4.90 Å². The van der Waals surface area contributed by atoms with Crippen molar-refractivity contribution >= 4 is 5.69 Å². The van der Waals surface area contributed by atoms with E-state index in [4.69, 9.17) is 0 Å². The predicted molar refractivity (Wildman–Crippen MR) is 137 cm³/mol. The van der Waals surface area contributed by atoms with Crippen molar-refractivity contribution in [2.45, 2.75) is 32.3 Å². The average molecular weight is 477 g/mol. The number of halogens is 2. The second kappa shape index (κ2) is 9.71. The van der Waals surface area contributed by atoms with E-state index in [0.29, 0.717) is 30.4 Å². The van der Waals surface area contributed by atoms with E-state index in [1.54, 1.807) is 6.07 Å². The molecule has 35 heavy (non-hydrogen) atoms. The Morgan fingerprint density at radius 1 is 0.857 bits per heavy atom. The number of hydrogen-bond acceptors (Lipinski definition) is 3. The number of likely N-dealkylation sites (tertiary alicyclic amines) is 1. The number of rotatable bonds is 7. The van der Waals surface area contributed by atoms with Crippen molar-refractivity contribution in [3.63, 3.8) is 0 Å². The number of aryl methyl sites for hydroxylation is 1. The summed E-state index contributed by atoms with van der Waals surface area (Å²) in [5.74, 6) is 0.586. The lowest BCUT2D eigenvalue weighted by molar-refractivity contribution is -0.00319. The second-order valence-electron chi connectivity index (χ2n) is 10.5. The largest absolute Gasteiger partial charge is 0.384 e. The van der Waals surface area contributed by atoms with E-state index in [1.807, 2.05) is 32.0 Å². The summed E-state index contributed by atoms with van der Waals surface area (Å²) in [6, 6.07) is 20.5. The number of aliphatic hydroxyl groups is 1. The van der Waals surface area contributed by atoms with Gasteiger partial charge in [0.25, 0.3) is 0 Å². The second-order valence-corrected chi connectivity index (χ2v) is 10.5. The summed E-state index contributed by atoms with van der Waals surface area (Å²) in [7, 11) is 0. The summed E-state index contributed by atoms with van der Waals surface area (Å²) in [4.78, 5) is 4.78. The van der Waals surface area contributed by atoms with Gasteiger partial charge < -0.3 is 10.0 Å². The fourth-order valence-electron chi connectivity index (χ4n) is 5.85. The fraction of sp³-hybridized carbons (Fsp3) is 0.400. The summed E-state index contributed by atoms with van der Waals surface area (Å²) in [5, 5.41) is 11.4. The number of nitrogens with zero attached hydrogens (tertiary/aromatic N) is 2. The first-order chi connectivity index (χ1) is 16.8. The molecule has 184 valence electrons. The first-order valence-electron chi connectivity index (χ1n) is 12.6. The van der Waals surface area contributed by atoms with Crippen LogP contribution in [-0.2, 0) is 12.0 Å². The van der Waals surface area contributed by atoms with E-state index in [1.165, 1.54) is 29.4 Å². The molecule has 2 fully saturated rings. The lowest BCUT2D eigenvalue weighted by atomic mass is 9.89. The first kappa shape index (κ1) is 24.0. The Bertz CT molecular complexity index is 1150. The summed E-state index contributed by atoms with van der Waals surface area (Å²) >= 11 is 0. The maximum absolute atomic E-state index is 14.6. The van der Waals surface area contributed by atoms with Gasteiger partial charge in [0.05, 0.1) is 0 Å². The molecule has 0 radical (unpaired) electrons. The molecule has 2 aliphatic heterocycles. The van der Waals surface area contributed by atoms with Gasteiger partial charge in [-0.25, -0.2) is 8.78 Å². The molecule has 5 rings (SSSR count). The Morgan fingerprint density at radius 3 is 2.03 bits per heavy atom. The zero-order chi connectivity index (χ0) is 24.6. The maximum Gasteiger partial charge on any atom is 0.129 e. The highest BCUT2D eigenvalue weighted by Gasteiger charge is 2.43. The van der Waals surface area contributed by atoms with Crippen LogP contribution in [0.4, 0.5) is 14.5 Å². The highest BCUT2D eigenvalue weighted by atomic mass is 19.1. The smallest absolute Gasteiger partial charge is 0.129 e. The van der Waals surface area contributed by atoms with Crippen LogP contribution < -0.4 is 4.90 Å². The Hall–Kier alpha value is -2.76. The molecule has 2 saturated heterocycles. The Kier molecular flexibility index (Phi) is 6.65. The van der Waals surface area contributed by atoms with E-state index < -0.39 is 5.60 Å². The summed E-state index contributed by atoms with van der Waals surface area (Å²) in [6.45, 7) is 8.12. The third kappa shape index (κ3) is 5.12. The topological polar surface area (TPSA) is 26.7 Å². The van der Waals surface area contributed by atoms with Crippen molar-refractivity contribution in [1.29, 1.82) is 0 Å². The highest BCUT2D eigenvalue weighted by Crippen LogP contribution is 2.37. The van der Waals surface area contributed by atoms with Crippen molar-refractivity contribution < 1.29 is 13.9 Å². The molecule has 0 bridgehead atoms. The molecule has 2 aliphatic rings. The average Bonchev–Trinajstić information content (AvgIpc) is 3.39. The monoisotopic (exact) mass is 476 g/mol. The van der Waals surface area contributed by atoms with Gasteiger partial charge in [0.2, 0.25) is 0 Å². The van der Waals surface area contributed by atoms with Gasteiger partial charge >= 0.3 is 0 Å². The molecule has 3 nitrogen and oxygen atoms in total. The molecule has 3 aromatic carbocycles. The van der Waals surface area contributed by atoms with Crippen LogP contribution in [0.1, 0.15) is 35.6 Å². The van der Waals surface area contributed by atoms with Crippen molar-refractivity contribution in [3.05, 3.63) is 101 Å². The van der Waals surface area contributed by atoms with Gasteiger partial charge in [-0.3, -0.25) is 4.90 Å². The van der Waals surface area contributed by atoms with Gasteiger partial charge in [0, 0.05) is 44.0 Å². The minimum Gasteiger partial charge on any atom is -0.384 e. The van der Waals surface area contributed by atoms with Gasteiger partial charge in [-0.05, 0) is 78.6 Å². The molecule has 1 N–H and O–H groups in total. The zero-order valence-electron chi connectivity index (χ0n) is 20.6. The first-order valence-corrected chi connectivity index (χ1v) is 12.6. The number of β-amino-alcohol motifs (C(OH)–C–C–N with tert-alkyl or cyclic N) is 1. The quantitative estimate of drug-likeness (QED) is 0.486. The van der Waals surface area contributed by atoms with Crippen LogP contribution in [-0.4, -0.2) is 42.7 Å². The molecule has 5 heteroatoms. The highest BCUT2D eigenvalue weighted by molar-refractivity contribution is 5.49. The molecule has 0 aliphatic carbocycles.